The smallest absolute Gasteiger partial charge is 0.420 e. The van der Waals surface area contributed by atoms with Crippen molar-refractivity contribution in [2.45, 2.75) is 26.4 Å². The predicted octanol–water partition coefficient (Wildman–Crippen LogP) is 5.94. The third-order valence-corrected chi connectivity index (χ3v) is 5.85. The Balaban J connectivity index is 1.56. The summed E-state index contributed by atoms with van der Waals surface area (Å²) in [5.74, 6) is -0.0455. The first-order valence-corrected chi connectivity index (χ1v) is 13.7. The number of hydrogen-bond acceptors (Lipinski definition) is 9. The van der Waals surface area contributed by atoms with Crippen LogP contribution < -0.4 is 16.0 Å². The van der Waals surface area contributed by atoms with Crippen molar-refractivity contribution in [1.29, 1.82) is 0 Å². The van der Waals surface area contributed by atoms with Gasteiger partial charge in [-0.15, -0.1) is 0 Å². The second-order valence-electron chi connectivity index (χ2n) is 10.6. The predicted molar refractivity (Wildman–Crippen MR) is 168 cm³/mol. The van der Waals surface area contributed by atoms with Crippen LogP contribution in [-0.2, 0) is 21.3 Å². The molecule has 234 valence electrons. The van der Waals surface area contributed by atoms with Gasteiger partial charge in [-0.2, -0.15) is 0 Å². The van der Waals surface area contributed by atoms with Gasteiger partial charge >= 0.3 is 18.3 Å². The third kappa shape index (κ3) is 8.13. The normalized spacial score (nSPS) is 10.9. The molecule has 0 radical (unpaired) electrons. The van der Waals surface area contributed by atoms with Crippen molar-refractivity contribution in [3.63, 3.8) is 0 Å². The van der Waals surface area contributed by atoms with Crippen molar-refractivity contribution in [3.05, 3.63) is 79.8 Å². The molecule has 2 aromatic heterocycles. The molecule has 2 aromatic carbocycles. The Bertz CT molecular complexity index is 1770. The van der Waals surface area contributed by atoms with Gasteiger partial charge in [-0.05, 0) is 63.2 Å². The molecule has 0 spiro atoms. The number of carbonyl (C=O) groups is 4. The maximum absolute atomic E-state index is 13.0. The Morgan fingerprint density at radius 1 is 0.867 bits per heavy atom. The Morgan fingerprint density at radius 3 is 2.20 bits per heavy atom. The van der Waals surface area contributed by atoms with Crippen LogP contribution in [0.2, 0.25) is 0 Å². The number of aryl methyl sites for hydroxylation is 1. The van der Waals surface area contributed by atoms with E-state index in [0.717, 1.165) is 0 Å². The van der Waals surface area contributed by atoms with Crippen LogP contribution in [0.15, 0.2) is 74.0 Å². The fraction of sp³-hybridized carbons (Fsp3) is 0.226. The number of ether oxygens (including phenoxy) is 3. The number of anilines is 3. The van der Waals surface area contributed by atoms with E-state index in [1.807, 2.05) is 0 Å². The number of hydrogen-bond donors (Lipinski definition) is 3. The molecular formula is C31H33N7O7. The molecule has 0 saturated heterocycles. The summed E-state index contributed by atoms with van der Waals surface area (Å²) in [5.41, 5.74) is 1.54. The zero-order valence-corrected chi connectivity index (χ0v) is 25.2. The van der Waals surface area contributed by atoms with Crippen LogP contribution in [0.1, 0.15) is 31.4 Å². The highest BCUT2D eigenvalue weighted by Gasteiger charge is 2.22. The van der Waals surface area contributed by atoms with Crippen molar-refractivity contribution in [2.75, 3.05) is 29.2 Å². The highest BCUT2D eigenvalue weighted by molar-refractivity contribution is 6.02. The van der Waals surface area contributed by atoms with Crippen molar-refractivity contribution < 1.29 is 33.4 Å². The van der Waals surface area contributed by atoms with Crippen molar-refractivity contribution in [1.82, 2.24) is 19.1 Å². The molecule has 0 aliphatic rings. The molecule has 0 fully saturated rings. The molecule has 0 unspecified atom stereocenters. The second-order valence-corrected chi connectivity index (χ2v) is 10.6. The van der Waals surface area contributed by atoms with Crippen LogP contribution in [0.3, 0.4) is 0 Å². The minimum absolute atomic E-state index is 0.0140. The van der Waals surface area contributed by atoms with E-state index < -0.39 is 29.8 Å². The minimum atomic E-state index is -0.693. The number of nitrogens with one attached hydrogen (secondary N) is 3. The summed E-state index contributed by atoms with van der Waals surface area (Å²) >= 11 is 0. The number of nitrogens with zero attached hydrogens (tertiary/aromatic N) is 4. The van der Waals surface area contributed by atoms with Gasteiger partial charge in [-0.3, -0.25) is 15.4 Å². The average Bonchev–Trinajstić information content (AvgIpc) is 3.53. The van der Waals surface area contributed by atoms with Crippen LogP contribution in [-0.4, -0.2) is 62.1 Å². The molecule has 4 rings (SSSR count). The van der Waals surface area contributed by atoms with Gasteiger partial charge < -0.3 is 24.1 Å². The summed E-state index contributed by atoms with van der Waals surface area (Å²) in [5, 5.41) is 7.87. The minimum Gasteiger partial charge on any atom is -0.445 e. The van der Waals surface area contributed by atoms with Crippen molar-refractivity contribution >= 4 is 52.4 Å². The number of amides is 3. The first-order chi connectivity index (χ1) is 21.4. The molecule has 3 N–H and O–H groups in total. The fourth-order valence-electron chi connectivity index (χ4n) is 4.06. The molecule has 0 aliphatic carbocycles. The van der Waals surface area contributed by atoms with Gasteiger partial charge in [0.05, 0.1) is 11.0 Å². The molecule has 0 bridgehead atoms. The SMILES string of the molecule is C=CCOC(=O)Nc1ccc2c(c1)nc(-c1ccc(NC(=O)c3nc(NC(=O)OC(C)(C)C)cn3C)cc1)n2C(=O)OCC=C. The lowest BCUT2D eigenvalue weighted by atomic mass is 10.2. The molecule has 0 saturated carbocycles. The molecule has 3 amide bonds. The van der Waals surface area contributed by atoms with Gasteiger partial charge in [0.1, 0.15) is 18.8 Å². The lowest BCUT2D eigenvalue weighted by Gasteiger charge is -2.18. The largest absolute Gasteiger partial charge is 0.445 e. The number of rotatable bonds is 9. The van der Waals surface area contributed by atoms with E-state index in [1.165, 1.54) is 27.5 Å². The fourth-order valence-corrected chi connectivity index (χ4v) is 4.06. The number of aromatic nitrogens is 4. The summed E-state index contributed by atoms with van der Waals surface area (Å²) in [6.07, 6.45) is 2.34. The van der Waals surface area contributed by atoms with Gasteiger partial charge in [-0.25, -0.2) is 28.9 Å². The van der Waals surface area contributed by atoms with E-state index in [0.29, 0.717) is 28.0 Å². The van der Waals surface area contributed by atoms with Gasteiger partial charge in [-0.1, -0.05) is 25.3 Å². The molecular weight excluding hydrogens is 582 g/mol. The van der Waals surface area contributed by atoms with Crippen LogP contribution in [0.5, 0.6) is 0 Å². The van der Waals surface area contributed by atoms with Crippen LogP contribution >= 0.6 is 0 Å². The number of carbonyl (C=O) groups excluding carboxylic acids is 4. The molecule has 0 aliphatic heterocycles. The van der Waals surface area contributed by atoms with E-state index in [-0.39, 0.29) is 30.7 Å². The summed E-state index contributed by atoms with van der Waals surface area (Å²) in [7, 11) is 1.62. The van der Waals surface area contributed by atoms with Gasteiger partial charge in [0.2, 0.25) is 5.82 Å². The number of fused-ring (bicyclic) bond motifs is 1. The van der Waals surface area contributed by atoms with Crippen LogP contribution in [0, 0.1) is 0 Å². The van der Waals surface area contributed by atoms with E-state index in [9.17, 15) is 19.2 Å². The Kier molecular flexibility index (Phi) is 9.66. The topological polar surface area (TPSA) is 168 Å². The monoisotopic (exact) mass is 615 g/mol. The Hall–Kier alpha value is -5.92. The second kappa shape index (κ2) is 13.6. The molecule has 2 heterocycles. The third-order valence-electron chi connectivity index (χ3n) is 5.85. The highest BCUT2D eigenvalue weighted by Crippen LogP contribution is 2.28. The maximum atomic E-state index is 13.0. The molecule has 14 heteroatoms. The lowest BCUT2D eigenvalue weighted by Crippen LogP contribution is -2.27. The Morgan fingerprint density at radius 2 is 1.53 bits per heavy atom. The summed E-state index contributed by atoms with van der Waals surface area (Å²) in [4.78, 5) is 58.9. The highest BCUT2D eigenvalue weighted by atomic mass is 16.6. The quantitative estimate of drug-likeness (QED) is 0.152. The Labute approximate surface area is 258 Å². The van der Waals surface area contributed by atoms with Gasteiger partial charge in [0.15, 0.2) is 11.6 Å². The molecule has 0 atom stereocenters. The van der Waals surface area contributed by atoms with Crippen LogP contribution in [0.4, 0.5) is 31.6 Å². The summed E-state index contributed by atoms with van der Waals surface area (Å²) in [6.45, 7) is 12.3. The van der Waals surface area contributed by atoms with E-state index in [1.54, 1.807) is 70.3 Å². The lowest BCUT2D eigenvalue weighted by molar-refractivity contribution is 0.0634. The zero-order chi connectivity index (χ0) is 32.7. The molecule has 4 aromatic rings. The first-order valence-electron chi connectivity index (χ1n) is 13.7. The van der Waals surface area contributed by atoms with Crippen molar-refractivity contribution in [2.24, 2.45) is 7.05 Å². The first kappa shape index (κ1) is 32.0. The zero-order valence-electron chi connectivity index (χ0n) is 25.2. The standard InChI is InChI=1S/C31H33N7O7/c1-7-15-43-28(40)33-21-13-14-23-22(17-21)34-25(38(23)30(42)44-16-8-2)19-9-11-20(12-10-19)32-27(39)26-35-24(18-37(26)6)36-29(41)45-31(3,4)5/h7-14,17-18H,1-2,15-16H2,3-6H3,(H,32,39)(H,33,40)(H,36,41). The maximum Gasteiger partial charge on any atom is 0.420 e. The molecule has 45 heavy (non-hydrogen) atoms. The van der Waals surface area contributed by atoms with Crippen LogP contribution in [0.25, 0.3) is 22.4 Å². The number of benzene rings is 2. The average molecular weight is 616 g/mol. The van der Waals surface area contributed by atoms with E-state index in [2.05, 4.69) is 39.1 Å². The molecule has 14 nitrogen and oxygen atoms in total. The van der Waals surface area contributed by atoms with Gasteiger partial charge in [0, 0.05) is 30.2 Å². The van der Waals surface area contributed by atoms with Gasteiger partial charge in [0.25, 0.3) is 5.91 Å². The summed E-state index contributed by atoms with van der Waals surface area (Å²) < 4.78 is 18.3. The van der Waals surface area contributed by atoms with E-state index >= 15 is 0 Å². The summed E-state index contributed by atoms with van der Waals surface area (Å²) in [6, 6.07) is 11.4. The van der Waals surface area contributed by atoms with Crippen molar-refractivity contribution in [3.8, 4) is 11.4 Å². The number of imidazole rings is 2. The van der Waals surface area contributed by atoms with E-state index in [4.69, 9.17) is 14.2 Å².